The van der Waals surface area contributed by atoms with Crippen LogP contribution < -0.4 is 5.32 Å². The van der Waals surface area contributed by atoms with E-state index >= 15 is 0 Å². The lowest BCUT2D eigenvalue weighted by Crippen LogP contribution is -2.49. The van der Waals surface area contributed by atoms with Gasteiger partial charge in [-0.15, -0.1) is 0 Å². The zero-order chi connectivity index (χ0) is 17.8. The van der Waals surface area contributed by atoms with Gasteiger partial charge in [0.05, 0.1) is 12.8 Å². The SMILES string of the molecule is COC(=O)c1cccc(CN2CCNC(=O)[C@@H]2c2ccc(F)cc2)n1. The van der Waals surface area contributed by atoms with E-state index in [1.165, 1.54) is 19.2 Å². The van der Waals surface area contributed by atoms with Gasteiger partial charge < -0.3 is 10.1 Å². The van der Waals surface area contributed by atoms with E-state index < -0.39 is 12.0 Å². The molecule has 130 valence electrons. The molecule has 1 amide bonds. The molecule has 1 aromatic heterocycles. The molecule has 3 rings (SSSR count). The highest BCUT2D eigenvalue weighted by molar-refractivity contribution is 5.87. The van der Waals surface area contributed by atoms with Crippen molar-refractivity contribution in [2.45, 2.75) is 12.6 Å². The molecule has 25 heavy (non-hydrogen) atoms. The third-order valence-electron chi connectivity index (χ3n) is 4.06. The summed E-state index contributed by atoms with van der Waals surface area (Å²) in [5.41, 5.74) is 1.59. The molecule has 6 nitrogen and oxygen atoms in total. The number of piperazine rings is 1. The first-order chi connectivity index (χ1) is 12.1. The number of rotatable bonds is 4. The highest BCUT2D eigenvalue weighted by atomic mass is 19.1. The van der Waals surface area contributed by atoms with Gasteiger partial charge in [0.1, 0.15) is 17.6 Å². The minimum absolute atomic E-state index is 0.137. The Hall–Kier alpha value is -2.80. The first-order valence-corrected chi connectivity index (χ1v) is 7.90. The second kappa shape index (κ2) is 7.40. The second-order valence-corrected chi connectivity index (χ2v) is 5.72. The molecule has 0 aliphatic carbocycles. The van der Waals surface area contributed by atoms with Crippen LogP contribution in [0.3, 0.4) is 0 Å². The summed E-state index contributed by atoms with van der Waals surface area (Å²) in [6.07, 6.45) is 0. The number of aromatic nitrogens is 1. The molecule has 0 saturated carbocycles. The summed E-state index contributed by atoms with van der Waals surface area (Å²) in [6.45, 7) is 1.53. The Balaban J connectivity index is 1.85. The van der Waals surface area contributed by atoms with Crippen molar-refractivity contribution in [2.24, 2.45) is 0 Å². The fourth-order valence-corrected chi connectivity index (χ4v) is 2.89. The van der Waals surface area contributed by atoms with E-state index in [9.17, 15) is 14.0 Å². The Labute approximate surface area is 144 Å². The number of nitrogens with zero attached hydrogens (tertiary/aromatic N) is 2. The largest absolute Gasteiger partial charge is 0.464 e. The fourth-order valence-electron chi connectivity index (χ4n) is 2.89. The highest BCUT2D eigenvalue weighted by Crippen LogP contribution is 2.25. The molecule has 0 bridgehead atoms. The maximum atomic E-state index is 13.2. The fraction of sp³-hybridized carbons (Fsp3) is 0.278. The summed E-state index contributed by atoms with van der Waals surface area (Å²) in [5.74, 6) is -0.991. The van der Waals surface area contributed by atoms with Gasteiger partial charge in [-0.05, 0) is 29.8 Å². The van der Waals surface area contributed by atoms with Crippen molar-refractivity contribution in [3.05, 3.63) is 65.2 Å². The summed E-state index contributed by atoms with van der Waals surface area (Å²) in [6, 6.07) is 10.5. The van der Waals surface area contributed by atoms with Crippen LogP contribution >= 0.6 is 0 Å². The maximum absolute atomic E-state index is 13.2. The number of amides is 1. The standard InChI is InChI=1S/C18H18FN3O3/c1-25-18(24)15-4-2-3-14(21-15)11-22-10-9-20-17(23)16(22)12-5-7-13(19)8-6-12/h2-8,16H,9-11H2,1H3,(H,20,23)/t16-/m0/s1. The molecule has 1 aliphatic heterocycles. The van der Waals surface area contributed by atoms with Crippen molar-refractivity contribution in [2.75, 3.05) is 20.2 Å². The Morgan fingerprint density at radius 3 is 2.80 bits per heavy atom. The molecule has 2 aromatic rings. The quantitative estimate of drug-likeness (QED) is 0.855. The van der Waals surface area contributed by atoms with E-state index in [0.717, 1.165) is 0 Å². The van der Waals surface area contributed by atoms with E-state index in [2.05, 4.69) is 15.0 Å². The van der Waals surface area contributed by atoms with Gasteiger partial charge in [0, 0.05) is 19.6 Å². The lowest BCUT2D eigenvalue weighted by Gasteiger charge is -2.35. The molecule has 1 aromatic carbocycles. The van der Waals surface area contributed by atoms with Crippen molar-refractivity contribution in [1.29, 1.82) is 0 Å². The van der Waals surface area contributed by atoms with Gasteiger partial charge in [0.15, 0.2) is 0 Å². The topological polar surface area (TPSA) is 71.5 Å². The molecule has 0 spiro atoms. The number of halogens is 1. The van der Waals surface area contributed by atoms with Crippen LogP contribution in [0.15, 0.2) is 42.5 Å². The molecule has 0 unspecified atom stereocenters. The predicted octanol–water partition coefficient (Wildman–Crippen LogP) is 1.68. The van der Waals surface area contributed by atoms with Gasteiger partial charge in [-0.3, -0.25) is 9.69 Å². The normalized spacial score (nSPS) is 17.8. The number of benzene rings is 1. The molecule has 1 aliphatic rings. The third kappa shape index (κ3) is 3.83. The lowest BCUT2D eigenvalue weighted by molar-refractivity contribution is -0.129. The van der Waals surface area contributed by atoms with Gasteiger partial charge in [-0.1, -0.05) is 18.2 Å². The van der Waals surface area contributed by atoms with E-state index in [4.69, 9.17) is 0 Å². The summed E-state index contributed by atoms with van der Waals surface area (Å²) in [7, 11) is 1.30. The summed E-state index contributed by atoms with van der Waals surface area (Å²) in [5, 5.41) is 2.83. The number of methoxy groups -OCH3 is 1. The summed E-state index contributed by atoms with van der Waals surface area (Å²) >= 11 is 0. The van der Waals surface area contributed by atoms with E-state index in [0.29, 0.717) is 30.9 Å². The smallest absolute Gasteiger partial charge is 0.356 e. The summed E-state index contributed by atoms with van der Waals surface area (Å²) in [4.78, 5) is 30.2. The molecule has 1 saturated heterocycles. The van der Waals surface area contributed by atoms with Crippen LogP contribution in [0, 0.1) is 5.82 Å². The number of carbonyl (C=O) groups is 2. The number of ether oxygens (including phenoxy) is 1. The minimum Gasteiger partial charge on any atom is -0.464 e. The number of hydrogen-bond acceptors (Lipinski definition) is 5. The van der Waals surface area contributed by atoms with E-state index in [-0.39, 0.29) is 17.4 Å². The van der Waals surface area contributed by atoms with Crippen molar-refractivity contribution in [3.63, 3.8) is 0 Å². The van der Waals surface area contributed by atoms with Crippen LogP contribution in [-0.2, 0) is 16.1 Å². The number of nitrogens with one attached hydrogen (secondary N) is 1. The molecule has 2 heterocycles. The predicted molar refractivity (Wildman–Crippen MR) is 88.1 cm³/mol. The third-order valence-corrected chi connectivity index (χ3v) is 4.06. The van der Waals surface area contributed by atoms with E-state index in [1.54, 1.807) is 30.3 Å². The van der Waals surface area contributed by atoms with Crippen LogP contribution in [0.1, 0.15) is 27.8 Å². The molecule has 1 atom stereocenters. The highest BCUT2D eigenvalue weighted by Gasteiger charge is 2.31. The lowest BCUT2D eigenvalue weighted by atomic mass is 10.0. The number of carbonyl (C=O) groups excluding carboxylic acids is 2. The first kappa shape index (κ1) is 17.0. The van der Waals surface area contributed by atoms with Crippen molar-refractivity contribution < 1.29 is 18.7 Å². The van der Waals surface area contributed by atoms with Gasteiger partial charge in [0.25, 0.3) is 0 Å². The number of hydrogen-bond donors (Lipinski definition) is 1. The Morgan fingerprint density at radius 1 is 1.32 bits per heavy atom. The molecule has 7 heteroatoms. The average molecular weight is 343 g/mol. The van der Waals surface area contributed by atoms with Gasteiger partial charge in [-0.25, -0.2) is 14.2 Å². The summed E-state index contributed by atoms with van der Waals surface area (Å²) < 4.78 is 17.9. The zero-order valence-electron chi connectivity index (χ0n) is 13.7. The Kier molecular flexibility index (Phi) is 5.04. The van der Waals surface area contributed by atoms with Crippen LogP contribution in [0.5, 0.6) is 0 Å². The van der Waals surface area contributed by atoms with Gasteiger partial charge in [0.2, 0.25) is 5.91 Å². The van der Waals surface area contributed by atoms with E-state index in [1.807, 2.05) is 4.90 Å². The van der Waals surface area contributed by atoms with Crippen LogP contribution in [-0.4, -0.2) is 42.0 Å². The molecule has 0 radical (unpaired) electrons. The molecule has 1 N–H and O–H groups in total. The van der Waals surface area contributed by atoms with Gasteiger partial charge in [-0.2, -0.15) is 0 Å². The molecule has 1 fully saturated rings. The monoisotopic (exact) mass is 343 g/mol. The first-order valence-electron chi connectivity index (χ1n) is 7.90. The van der Waals surface area contributed by atoms with Crippen LogP contribution in [0.25, 0.3) is 0 Å². The van der Waals surface area contributed by atoms with Crippen LogP contribution in [0.2, 0.25) is 0 Å². The zero-order valence-corrected chi connectivity index (χ0v) is 13.7. The van der Waals surface area contributed by atoms with Crippen molar-refractivity contribution in [1.82, 2.24) is 15.2 Å². The van der Waals surface area contributed by atoms with Crippen LogP contribution in [0.4, 0.5) is 4.39 Å². The average Bonchev–Trinajstić information content (AvgIpc) is 2.62. The number of pyridine rings is 1. The maximum Gasteiger partial charge on any atom is 0.356 e. The molecular weight excluding hydrogens is 325 g/mol. The van der Waals surface area contributed by atoms with Crippen molar-refractivity contribution in [3.8, 4) is 0 Å². The number of esters is 1. The Bertz CT molecular complexity index is 779. The Morgan fingerprint density at radius 2 is 2.08 bits per heavy atom. The van der Waals surface area contributed by atoms with Gasteiger partial charge >= 0.3 is 5.97 Å². The minimum atomic E-state index is -0.530. The second-order valence-electron chi connectivity index (χ2n) is 5.72. The molecular formula is C18H18FN3O3. The van der Waals surface area contributed by atoms with Crippen molar-refractivity contribution >= 4 is 11.9 Å².